The number of aromatic nitrogens is 2. The summed E-state index contributed by atoms with van der Waals surface area (Å²) >= 11 is 5.96. The number of nitrogens with one attached hydrogen (secondary N) is 1. The maximum absolute atomic E-state index is 12.9. The van der Waals surface area contributed by atoms with Crippen molar-refractivity contribution in [3.63, 3.8) is 0 Å². The van der Waals surface area contributed by atoms with Crippen molar-refractivity contribution in [2.75, 3.05) is 32.8 Å². The van der Waals surface area contributed by atoms with E-state index in [-0.39, 0.29) is 11.9 Å². The first-order valence-electron chi connectivity index (χ1n) is 9.06. The highest BCUT2D eigenvalue weighted by molar-refractivity contribution is 6.30. The van der Waals surface area contributed by atoms with Crippen LogP contribution in [0.1, 0.15) is 18.3 Å². The summed E-state index contributed by atoms with van der Waals surface area (Å²) in [6.07, 6.45) is 0.779. The zero-order valence-corrected chi connectivity index (χ0v) is 15.6. The minimum atomic E-state index is -0.112. The van der Waals surface area contributed by atoms with E-state index in [1.807, 2.05) is 36.1 Å². The number of carbonyl (C=O) groups is 1. The number of hydrogen-bond acceptors (Lipinski definition) is 4. The normalized spacial score (nSPS) is 19.2. The molecule has 4 rings (SSSR count). The second-order valence-electron chi connectivity index (χ2n) is 6.85. The van der Waals surface area contributed by atoms with Crippen molar-refractivity contribution in [1.29, 1.82) is 0 Å². The summed E-state index contributed by atoms with van der Waals surface area (Å²) in [5.41, 5.74) is 3.09. The molecule has 0 saturated carbocycles. The average molecular weight is 375 g/mol. The van der Waals surface area contributed by atoms with Gasteiger partial charge in [0.25, 0.3) is 0 Å². The smallest absolute Gasteiger partial charge is 0.240 e. The lowest BCUT2D eigenvalue weighted by molar-refractivity contribution is -0.139. The number of H-pyrrole nitrogens is 1. The van der Waals surface area contributed by atoms with Gasteiger partial charge in [-0.3, -0.25) is 9.69 Å². The number of ether oxygens (including phenoxy) is 1. The minimum Gasteiger partial charge on any atom is -0.379 e. The summed E-state index contributed by atoms with van der Waals surface area (Å²) in [5, 5.41) is 0.707. The van der Waals surface area contributed by atoms with E-state index in [1.54, 1.807) is 0 Å². The third-order valence-electron chi connectivity index (χ3n) is 5.21. The number of hydrogen-bond donors (Lipinski definition) is 1. The van der Waals surface area contributed by atoms with Crippen molar-refractivity contribution in [2.45, 2.75) is 25.9 Å². The zero-order valence-electron chi connectivity index (χ0n) is 14.9. The van der Waals surface area contributed by atoms with Crippen molar-refractivity contribution < 1.29 is 9.53 Å². The average Bonchev–Trinajstić information content (AvgIpc) is 3.11. The molecule has 0 radical (unpaired) electrons. The van der Waals surface area contributed by atoms with Crippen molar-refractivity contribution in [1.82, 2.24) is 19.8 Å². The number of nitrogens with zero attached hydrogens (tertiary/aromatic N) is 3. The largest absolute Gasteiger partial charge is 0.379 e. The van der Waals surface area contributed by atoms with Crippen LogP contribution in [-0.4, -0.2) is 64.6 Å². The fraction of sp³-hybridized carbons (Fsp3) is 0.474. The SMILES string of the molecule is C[C@@H](C(=O)N1CCc2nc(-c3ccc(Cl)cc3)[nH]c2C1)N1CCOCC1. The number of imidazole rings is 1. The first kappa shape index (κ1) is 17.5. The molecule has 2 aliphatic rings. The first-order chi connectivity index (χ1) is 12.6. The van der Waals surface area contributed by atoms with Crippen molar-refractivity contribution in [3.8, 4) is 11.4 Å². The molecule has 2 aromatic rings. The maximum Gasteiger partial charge on any atom is 0.240 e. The molecule has 1 aromatic carbocycles. The van der Waals surface area contributed by atoms with Crippen LogP contribution in [0.5, 0.6) is 0 Å². The number of morpholine rings is 1. The van der Waals surface area contributed by atoms with Gasteiger partial charge in [-0.25, -0.2) is 4.98 Å². The Morgan fingerprint density at radius 1 is 1.23 bits per heavy atom. The van der Waals surface area contributed by atoms with Gasteiger partial charge in [-0.1, -0.05) is 11.6 Å². The second kappa shape index (κ2) is 7.39. The molecule has 6 nitrogen and oxygen atoms in total. The molecular weight excluding hydrogens is 352 g/mol. The van der Waals surface area contributed by atoms with E-state index in [9.17, 15) is 4.79 Å². The van der Waals surface area contributed by atoms with Crippen LogP contribution in [0.2, 0.25) is 5.02 Å². The highest BCUT2D eigenvalue weighted by Crippen LogP contribution is 2.24. The first-order valence-corrected chi connectivity index (χ1v) is 9.44. The summed E-state index contributed by atoms with van der Waals surface area (Å²) in [7, 11) is 0. The lowest BCUT2D eigenvalue weighted by Gasteiger charge is -2.35. The number of aromatic amines is 1. The molecule has 1 fully saturated rings. The second-order valence-corrected chi connectivity index (χ2v) is 7.29. The quantitative estimate of drug-likeness (QED) is 0.895. The highest BCUT2D eigenvalue weighted by atomic mass is 35.5. The van der Waals surface area contributed by atoms with E-state index in [0.29, 0.717) is 31.3 Å². The molecule has 0 aliphatic carbocycles. The molecule has 0 spiro atoms. The van der Waals surface area contributed by atoms with Gasteiger partial charge < -0.3 is 14.6 Å². The Morgan fingerprint density at radius 2 is 1.96 bits per heavy atom. The molecule has 0 unspecified atom stereocenters. The number of carbonyl (C=O) groups excluding carboxylic acids is 1. The van der Waals surface area contributed by atoms with Crippen LogP contribution in [0.4, 0.5) is 0 Å². The fourth-order valence-electron chi connectivity index (χ4n) is 3.61. The third kappa shape index (κ3) is 3.49. The van der Waals surface area contributed by atoms with Gasteiger partial charge in [0.1, 0.15) is 5.82 Å². The molecule has 138 valence electrons. The van der Waals surface area contributed by atoms with Gasteiger partial charge in [0.2, 0.25) is 5.91 Å². The molecule has 7 heteroatoms. The zero-order chi connectivity index (χ0) is 18.1. The molecule has 2 aliphatic heterocycles. The summed E-state index contributed by atoms with van der Waals surface area (Å²) in [6, 6.07) is 7.52. The van der Waals surface area contributed by atoms with Gasteiger partial charge in [0.05, 0.1) is 37.2 Å². The van der Waals surface area contributed by atoms with Gasteiger partial charge in [-0.2, -0.15) is 0 Å². The predicted molar refractivity (Wildman–Crippen MR) is 100 cm³/mol. The van der Waals surface area contributed by atoms with Crippen molar-refractivity contribution in [2.24, 2.45) is 0 Å². The molecule has 1 amide bonds. The van der Waals surface area contributed by atoms with Crippen molar-refractivity contribution >= 4 is 17.5 Å². The standard InChI is InChI=1S/C19H23ClN4O2/c1-13(23-8-10-26-11-9-23)19(25)24-7-6-16-17(12-24)22-18(21-16)14-2-4-15(20)5-3-14/h2-5,13H,6-12H2,1H3,(H,21,22)/t13-/m0/s1. The Hall–Kier alpha value is -1.89. The van der Waals surface area contributed by atoms with Gasteiger partial charge in [0.15, 0.2) is 0 Å². The van der Waals surface area contributed by atoms with Gasteiger partial charge >= 0.3 is 0 Å². The monoisotopic (exact) mass is 374 g/mol. The van der Waals surface area contributed by atoms with Crippen LogP contribution in [0, 0.1) is 0 Å². The van der Waals surface area contributed by atoms with Crippen molar-refractivity contribution in [3.05, 3.63) is 40.7 Å². The molecule has 1 saturated heterocycles. The highest BCUT2D eigenvalue weighted by Gasteiger charge is 2.30. The molecular formula is C19H23ClN4O2. The van der Waals surface area contributed by atoms with E-state index in [0.717, 1.165) is 42.3 Å². The Balaban J connectivity index is 1.47. The Bertz CT molecular complexity index is 783. The van der Waals surface area contributed by atoms with E-state index in [2.05, 4.69) is 9.88 Å². The summed E-state index contributed by atoms with van der Waals surface area (Å²) in [4.78, 5) is 25.2. The number of rotatable bonds is 3. The van der Waals surface area contributed by atoms with Crippen LogP contribution >= 0.6 is 11.6 Å². The molecule has 1 N–H and O–H groups in total. The van der Waals surface area contributed by atoms with Crippen LogP contribution < -0.4 is 0 Å². The van der Waals surface area contributed by atoms with Crippen LogP contribution in [0.25, 0.3) is 11.4 Å². The van der Waals surface area contributed by atoms with Crippen LogP contribution in [0.15, 0.2) is 24.3 Å². The molecule has 1 aromatic heterocycles. The van der Waals surface area contributed by atoms with Crippen LogP contribution in [0.3, 0.4) is 0 Å². The maximum atomic E-state index is 12.9. The summed E-state index contributed by atoms with van der Waals surface area (Å²) in [5.74, 6) is 1.02. The van der Waals surface area contributed by atoms with E-state index in [4.69, 9.17) is 21.3 Å². The van der Waals surface area contributed by atoms with Gasteiger partial charge in [-0.05, 0) is 31.2 Å². The summed E-state index contributed by atoms with van der Waals surface area (Å²) in [6.45, 7) is 6.33. The number of halogens is 1. The van der Waals surface area contributed by atoms with E-state index in [1.165, 1.54) is 0 Å². The number of amides is 1. The molecule has 3 heterocycles. The Kier molecular flexibility index (Phi) is 4.98. The predicted octanol–water partition coefficient (Wildman–Crippen LogP) is 2.34. The molecule has 0 bridgehead atoms. The summed E-state index contributed by atoms with van der Waals surface area (Å²) < 4.78 is 5.39. The topological polar surface area (TPSA) is 61.5 Å². The minimum absolute atomic E-state index is 0.112. The molecule has 26 heavy (non-hydrogen) atoms. The lowest BCUT2D eigenvalue weighted by atomic mass is 10.1. The number of fused-ring (bicyclic) bond motifs is 1. The van der Waals surface area contributed by atoms with E-state index < -0.39 is 0 Å². The fourth-order valence-corrected chi connectivity index (χ4v) is 3.74. The van der Waals surface area contributed by atoms with Crippen LogP contribution in [-0.2, 0) is 22.5 Å². The lowest BCUT2D eigenvalue weighted by Crippen LogP contribution is -2.51. The Labute approximate surface area is 158 Å². The van der Waals surface area contributed by atoms with Gasteiger partial charge in [-0.15, -0.1) is 0 Å². The Morgan fingerprint density at radius 3 is 2.69 bits per heavy atom. The number of benzene rings is 1. The molecule has 1 atom stereocenters. The van der Waals surface area contributed by atoms with Gasteiger partial charge in [0, 0.05) is 36.6 Å². The van der Waals surface area contributed by atoms with E-state index >= 15 is 0 Å². The third-order valence-corrected chi connectivity index (χ3v) is 5.46.